The number of carbonyl (C=O) groups excluding carboxylic acids is 1. The number of primary amides is 1. The monoisotopic (exact) mass is 293 g/mol. The van der Waals surface area contributed by atoms with E-state index in [1.165, 1.54) is 0 Å². The van der Waals surface area contributed by atoms with E-state index in [4.69, 9.17) is 24.7 Å². The van der Waals surface area contributed by atoms with Crippen LogP contribution in [-0.2, 0) is 25.4 Å². The lowest BCUT2D eigenvalue weighted by Gasteiger charge is -2.29. The first kappa shape index (κ1) is 14.3. The maximum absolute atomic E-state index is 11.2. The van der Waals surface area contributed by atoms with Crippen LogP contribution in [0.25, 0.3) is 0 Å². The van der Waals surface area contributed by atoms with Crippen LogP contribution in [-0.4, -0.2) is 50.3 Å². The topological polar surface area (TPSA) is 83.3 Å². The van der Waals surface area contributed by atoms with E-state index in [2.05, 4.69) is 0 Å². The lowest BCUT2D eigenvalue weighted by Crippen LogP contribution is -2.46. The second-order valence-corrected chi connectivity index (χ2v) is 5.30. The molecular weight excluding hydrogens is 274 g/mol. The molecular formula is C15H19NO5. The maximum atomic E-state index is 11.2. The van der Waals surface area contributed by atoms with Crippen molar-refractivity contribution in [3.8, 4) is 0 Å². The summed E-state index contributed by atoms with van der Waals surface area (Å²) < 4.78 is 22.0. The molecule has 6 nitrogen and oxygen atoms in total. The van der Waals surface area contributed by atoms with Crippen molar-refractivity contribution in [2.45, 2.75) is 36.9 Å². The number of epoxide rings is 1. The second-order valence-electron chi connectivity index (χ2n) is 5.30. The van der Waals surface area contributed by atoms with Gasteiger partial charge in [-0.15, -0.1) is 0 Å². The summed E-state index contributed by atoms with van der Waals surface area (Å²) in [5.74, 6) is 0. The first-order chi connectivity index (χ1) is 10.2. The van der Waals surface area contributed by atoms with Crippen LogP contribution in [0, 0.1) is 0 Å². The van der Waals surface area contributed by atoms with Crippen LogP contribution in [0.3, 0.4) is 0 Å². The zero-order chi connectivity index (χ0) is 14.8. The van der Waals surface area contributed by atoms with Crippen molar-refractivity contribution in [2.24, 2.45) is 5.73 Å². The first-order valence-corrected chi connectivity index (χ1v) is 6.99. The highest BCUT2D eigenvalue weighted by molar-refractivity contribution is 5.64. The number of nitrogens with two attached hydrogens (primary N) is 1. The number of ether oxygens (including phenoxy) is 4. The van der Waals surface area contributed by atoms with Crippen molar-refractivity contribution < 1.29 is 23.7 Å². The molecule has 1 aromatic rings. The molecule has 2 saturated heterocycles. The van der Waals surface area contributed by atoms with Crippen molar-refractivity contribution in [1.29, 1.82) is 0 Å². The minimum Gasteiger partial charge on any atom is -0.443 e. The van der Waals surface area contributed by atoms with Crippen molar-refractivity contribution in [2.75, 3.05) is 13.7 Å². The Balaban J connectivity index is 1.74. The molecule has 6 heteroatoms. The highest BCUT2D eigenvalue weighted by atomic mass is 16.7. The normalized spacial score (nSPS) is 29.5. The summed E-state index contributed by atoms with van der Waals surface area (Å²) >= 11 is 0. The summed E-state index contributed by atoms with van der Waals surface area (Å²) in [6.07, 6.45) is -1.27. The SMILES string of the molecule is COC([C@H]1OC[C@H]2O[C@@H]12)[C@@H](Cc1ccccc1)OC(N)=O. The predicted octanol–water partition coefficient (Wildman–Crippen LogP) is 0.874. The number of hydrogen-bond acceptors (Lipinski definition) is 5. The Morgan fingerprint density at radius 3 is 2.71 bits per heavy atom. The van der Waals surface area contributed by atoms with Crippen LogP contribution in [0.2, 0.25) is 0 Å². The van der Waals surface area contributed by atoms with Gasteiger partial charge in [0.1, 0.15) is 30.5 Å². The fourth-order valence-electron chi connectivity index (χ4n) is 2.88. The highest BCUT2D eigenvalue weighted by Gasteiger charge is 2.56. The Kier molecular flexibility index (Phi) is 4.10. The summed E-state index contributed by atoms with van der Waals surface area (Å²) in [5, 5.41) is 0. The summed E-state index contributed by atoms with van der Waals surface area (Å²) in [5.41, 5.74) is 6.23. The number of amides is 1. The second kappa shape index (κ2) is 6.01. The van der Waals surface area contributed by atoms with Gasteiger partial charge < -0.3 is 24.7 Å². The zero-order valence-corrected chi connectivity index (χ0v) is 11.8. The van der Waals surface area contributed by atoms with E-state index in [1.54, 1.807) is 7.11 Å². The van der Waals surface area contributed by atoms with Gasteiger partial charge in [-0.2, -0.15) is 0 Å². The average molecular weight is 293 g/mol. The number of hydrogen-bond donors (Lipinski definition) is 1. The molecule has 2 heterocycles. The molecule has 2 N–H and O–H groups in total. The van der Waals surface area contributed by atoms with E-state index in [1.807, 2.05) is 30.3 Å². The predicted molar refractivity (Wildman–Crippen MR) is 73.8 cm³/mol. The van der Waals surface area contributed by atoms with Gasteiger partial charge in [-0.3, -0.25) is 0 Å². The van der Waals surface area contributed by atoms with Gasteiger partial charge in [0.15, 0.2) is 0 Å². The first-order valence-electron chi connectivity index (χ1n) is 6.99. The fourth-order valence-corrected chi connectivity index (χ4v) is 2.88. The van der Waals surface area contributed by atoms with Crippen LogP contribution in [0.4, 0.5) is 4.79 Å². The van der Waals surface area contributed by atoms with Crippen molar-refractivity contribution in [1.82, 2.24) is 0 Å². The van der Waals surface area contributed by atoms with Crippen LogP contribution < -0.4 is 5.73 Å². The molecule has 5 atom stereocenters. The summed E-state index contributed by atoms with van der Waals surface area (Å²) in [6.45, 7) is 0.559. The molecule has 1 aromatic carbocycles. The van der Waals surface area contributed by atoms with Gasteiger partial charge in [0.25, 0.3) is 0 Å². The quantitative estimate of drug-likeness (QED) is 0.787. The van der Waals surface area contributed by atoms with Gasteiger partial charge in [0, 0.05) is 13.5 Å². The Bertz CT molecular complexity index is 494. The molecule has 3 rings (SSSR count). The fraction of sp³-hybridized carbons (Fsp3) is 0.533. The lowest BCUT2D eigenvalue weighted by atomic mass is 9.98. The van der Waals surface area contributed by atoms with E-state index in [9.17, 15) is 4.79 Å². The largest absolute Gasteiger partial charge is 0.443 e. The molecule has 21 heavy (non-hydrogen) atoms. The van der Waals surface area contributed by atoms with E-state index < -0.39 is 18.3 Å². The van der Waals surface area contributed by atoms with E-state index in [-0.39, 0.29) is 18.3 Å². The summed E-state index contributed by atoms with van der Waals surface area (Å²) in [4.78, 5) is 11.2. The molecule has 0 bridgehead atoms. The molecule has 2 fully saturated rings. The summed E-state index contributed by atoms with van der Waals surface area (Å²) in [7, 11) is 1.58. The zero-order valence-electron chi connectivity index (χ0n) is 11.8. The Morgan fingerprint density at radius 1 is 1.43 bits per heavy atom. The molecule has 1 unspecified atom stereocenters. The third kappa shape index (κ3) is 3.18. The standard InChI is InChI=1S/C15H19NO5/c1-18-12(14-13-11(20-13)8-19-14)10(21-15(16)17)7-9-5-3-2-4-6-9/h2-6,10-14H,7-8H2,1H3,(H2,16,17)/t10-,11-,12?,13-,14-/m1/s1. The van der Waals surface area contributed by atoms with Crippen LogP contribution >= 0.6 is 0 Å². The number of fused-ring (bicyclic) bond motifs is 1. The third-order valence-corrected chi connectivity index (χ3v) is 3.91. The van der Waals surface area contributed by atoms with E-state index in [0.717, 1.165) is 5.56 Å². The van der Waals surface area contributed by atoms with Gasteiger partial charge in [0.2, 0.25) is 0 Å². The molecule has 0 spiro atoms. The number of methoxy groups -OCH3 is 1. The number of carbonyl (C=O) groups is 1. The van der Waals surface area contributed by atoms with Crippen molar-refractivity contribution in [3.05, 3.63) is 35.9 Å². The Hall–Kier alpha value is -1.63. The van der Waals surface area contributed by atoms with Crippen LogP contribution in [0.1, 0.15) is 5.56 Å². The summed E-state index contributed by atoms with van der Waals surface area (Å²) in [6, 6.07) is 9.74. The molecule has 0 saturated carbocycles. The minimum atomic E-state index is -0.816. The molecule has 2 aliphatic heterocycles. The van der Waals surface area contributed by atoms with E-state index in [0.29, 0.717) is 13.0 Å². The molecule has 114 valence electrons. The van der Waals surface area contributed by atoms with Gasteiger partial charge in [-0.05, 0) is 5.56 Å². The van der Waals surface area contributed by atoms with Crippen molar-refractivity contribution in [3.63, 3.8) is 0 Å². The van der Waals surface area contributed by atoms with Gasteiger partial charge in [-0.25, -0.2) is 4.79 Å². The molecule has 0 radical (unpaired) electrons. The highest BCUT2D eigenvalue weighted by Crippen LogP contribution is 2.37. The third-order valence-electron chi connectivity index (χ3n) is 3.91. The van der Waals surface area contributed by atoms with Crippen LogP contribution in [0.5, 0.6) is 0 Å². The Morgan fingerprint density at radius 2 is 2.19 bits per heavy atom. The lowest BCUT2D eigenvalue weighted by molar-refractivity contribution is -0.112. The van der Waals surface area contributed by atoms with Crippen LogP contribution in [0.15, 0.2) is 30.3 Å². The van der Waals surface area contributed by atoms with Gasteiger partial charge >= 0.3 is 6.09 Å². The number of benzene rings is 1. The molecule has 2 aliphatic rings. The number of rotatable bonds is 6. The maximum Gasteiger partial charge on any atom is 0.404 e. The average Bonchev–Trinajstić information content (AvgIpc) is 3.14. The van der Waals surface area contributed by atoms with Gasteiger partial charge in [0.05, 0.1) is 6.61 Å². The minimum absolute atomic E-state index is 0.0321. The molecule has 0 aliphatic carbocycles. The smallest absolute Gasteiger partial charge is 0.404 e. The van der Waals surface area contributed by atoms with Gasteiger partial charge in [-0.1, -0.05) is 30.3 Å². The molecule has 1 amide bonds. The van der Waals surface area contributed by atoms with Crippen molar-refractivity contribution >= 4 is 6.09 Å². The Labute approximate surface area is 123 Å². The molecule has 0 aromatic heterocycles. The van der Waals surface area contributed by atoms with E-state index >= 15 is 0 Å².